The van der Waals surface area contributed by atoms with Crippen LogP contribution in [-0.4, -0.2) is 42.2 Å². The molecule has 2 aromatic rings. The number of hydrogen-bond donors (Lipinski definition) is 0. The molecule has 8 heteroatoms. The van der Waals surface area contributed by atoms with Crippen LogP contribution in [0, 0.1) is 5.82 Å². The Bertz CT molecular complexity index is 895. The topological polar surface area (TPSA) is 56.6 Å². The van der Waals surface area contributed by atoms with E-state index in [0.717, 1.165) is 11.3 Å². The lowest BCUT2D eigenvalue weighted by atomic mass is 9.76. The molecular weight excluding hydrogens is 348 g/mol. The van der Waals surface area contributed by atoms with Crippen molar-refractivity contribution in [3.05, 3.63) is 52.2 Å². The summed E-state index contributed by atoms with van der Waals surface area (Å²) < 4.78 is 27.4. The van der Waals surface area contributed by atoms with Crippen molar-refractivity contribution in [3.8, 4) is 0 Å². The first-order valence-corrected chi connectivity index (χ1v) is 8.89. The first-order valence-electron chi connectivity index (χ1n) is 8.89. The van der Waals surface area contributed by atoms with Crippen LogP contribution in [0.2, 0.25) is 0 Å². The predicted octanol–water partition coefficient (Wildman–Crippen LogP) is 1.80. The van der Waals surface area contributed by atoms with Crippen LogP contribution in [0.4, 0.5) is 10.1 Å². The molecule has 1 aromatic carbocycles. The zero-order valence-corrected chi connectivity index (χ0v) is 16.6. The second-order valence-electron chi connectivity index (χ2n) is 8.04. The third-order valence-electron chi connectivity index (χ3n) is 5.31. The van der Waals surface area contributed by atoms with Crippen LogP contribution in [0.25, 0.3) is 0 Å². The Morgan fingerprint density at radius 1 is 1.15 bits per heavy atom. The average molecular weight is 373 g/mol. The van der Waals surface area contributed by atoms with Crippen LogP contribution in [0.3, 0.4) is 0 Å². The zero-order chi connectivity index (χ0) is 20.0. The minimum Gasteiger partial charge on any atom is -0.399 e. The van der Waals surface area contributed by atoms with Gasteiger partial charge in [-0.2, -0.15) is 5.10 Å². The second-order valence-corrected chi connectivity index (χ2v) is 8.04. The summed E-state index contributed by atoms with van der Waals surface area (Å²) in [4.78, 5) is 14.2. The molecule has 0 aliphatic carbocycles. The average Bonchev–Trinajstić information content (AvgIpc) is 2.78. The van der Waals surface area contributed by atoms with Gasteiger partial charge < -0.3 is 14.2 Å². The molecule has 1 saturated heterocycles. The fraction of sp³-hybridized carbons (Fsp3) is 0.474. The van der Waals surface area contributed by atoms with Crippen molar-refractivity contribution in [1.29, 1.82) is 0 Å². The minimum atomic E-state index is -0.711. The SMILES string of the molecule is CN(C)c1cnn(Cc2ccc(F)cc2B2OC(C)(C)C(C)(C)O2)c(=O)c1. The Kier molecular flexibility index (Phi) is 4.90. The van der Waals surface area contributed by atoms with E-state index in [1.54, 1.807) is 12.3 Å². The van der Waals surface area contributed by atoms with Crippen molar-refractivity contribution in [3.63, 3.8) is 0 Å². The molecule has 2 heterocycles. The lowest BCUT2D eigenvalue weighted by Crippen LogP contribution is -2.41. The van der Waals surface area contributed by atoms with Crippen LogP contribution in [0.1, 0.15) is 33.3 Å². The van der Waals surface area contributed by atoms with Crippen LogP contribution in [-0.2, 0) is 15.9 Å². The maximum absolute atomic E-state index is 13.9. The first kappa shape index (κ1) is 19.6. The van der Waals surface area contributed by atoms with Crippen molar-refractivity contribution in [2.24, 2.45) is 0 Å². The van der Waals surface area contributed by atoms with E-state index >= 15 is 0 Å². The monoisotopic (exact) mass is 373 g/mol. The Hall–Kier alpha value is -2.19. The fourth-order valence-corrected chi connectivity index (χ4v) is 2.85. The molecule has 0 saturated carbocycles. The molecular formula is C19H25BFN3O3. The van der Waals surface area contributed by atoms with Crippen molar-refractivity contribution in [2.75, 3.05) is 19.0 Å². The number of halogens is 1. The summed E-state index contributed by atoms with van der Waals surface area (Å²) >= 11 is 0. The van der Waals surface area contributed by atoms with Crippen LogP contribution in [0.15, 0.2) is 35.3 Å². The summed E-state index contributed by atoms with van der Waals surface area (Å²) in [5, 5.41) is 4.23. The highest BCUT2D eigenvalue weighted by Gasteiger charge is 2.52. The van der Waals surface area contributed by atoms with Gasteiger partial charge in [0, 0.05) is 20.2 Å². The molecule has 1 aliphatic rings. The van der Waals surface area contributed by atoms with Gasteiger partial charge in [-0.1, -0.05) is 6.07 Å². The molecule has 3 rings (SSSR count). The zero-order valence-electron chi connectivity index (χ0n) is 16.6. The molecule has 0 radical (unpaired) electrons. The second kappa shape index (κ2) is 6.76. The third kappa shape index (κ3) is 3.77. The van der Waals surface area contributed by atoms with Gasteiger partial charge in [0.05, 0.1) is 29.6 Å². The largest absolute Gasteiger partial charge is 0.495 e. The molecule has 0 bridgehead atoms. The number of benzene rings is 1. The van der Waals surface area contributed by atoms with E-state index in [4.69, 9.17) is 9.31 Å². The van der Waals surface area contributed by atoms with E-state index < -0.39 is 18.3 Å². The molecule has 6 nitrogen and oxygen atoms in total. The highest BCUT2D eigenvalue weighted by atomic mass is 19.1. The number of nitrogens with zero attached hydrogens (tertiary/aromatic N) is 3. The number of anilines is 1. The van der Waals surface area contributed by atoms with Crippen molar-refractivity contribution < 1.29 is 13.7 Å². The Morgan fingerprint density at radius 3 is 2.33 bits per heavy atom. The van der Waals surface area contributed by atoms with Crippen LogP contribution in [0.5, 0.6) is 0 Å². The van der Waals surface area contributed by atoms with Gasteiger partial charge in [0.25, 0.3) is 5.56 Å². The van der Waals surface area contributed by atoms with Crippen LogP contribution >= 0.6 is 0 Å². The van der Waals surface area contributed by atoms with Gasteiger partial charge >= 0.3 is 7.12 Å². The van der Waals surface area contributed by atoms with E-state index in [-0.39, 0.29) is 17.9 Å². The number of aromatic nitrogens is 2. The Balaban J connectivity index is 1.96. The summed E-state index contributed by atoms with van der Waals surface area (Å²) in [7, 11) is 2.98. The quantitative estimate of drug-likeness (QED) is 0.765. The molecule has 144 valence electrons. The summed E-state index contributed by atoms with van der Waals surface area (Å²) in [6.45, 7) is 7.97. The summed E-state index contributed by atoms with van der Waals surface area (Å²) in [6, 6.07) is 5.93. The maximum Gasteiger partial charge on any atom is 0.495 e. The summed E-state index contributed by atoms with van der Waals surface area (Å²) in [5.74, 6) is -0.383. The minimum absolute atomic E-state index is 0.201. The number of rotatable bonds is 4. The molecule has 1 aliphatic heterocycles. The van der Waals surface area contributed by atoms with Gasteiger partial charge in [-0.25, -0.2) is 9.07 Å². The molecule has 0 N–H and O–H groups in total. The predicted molar refractivity (Wildman–Crippen MR) is 104 cm³/mol. The maximum atomic E-state index is 13.9. The lowest BCUT2D eigenvalue weighted by molar-refractivity contribution is 0.00578. The fourth-order valence-electron chi connectivity index (χ4n) is 2.85. The molecule has 0 spiro atoms. The Labute approximate surface area is 159 Å². The molecule has 27 heavy (non-hydrogen) atoms. The third-order valence-corrected chi connectivity index (χ3v) is 5.31. The number of hydrogen-bond acceptors (Lipinski definition) is 5. The molecule has 1 fully saturated rings. The van der Waals surface area contributed by atoms with Gasteiger partial charge in [-0.3, -0.25) is 4.79 Å². The molecule has 0 unspecified atom stereocenters. The van der Waals surface area contributed by atoms with E-state index in [2.05, 4.69) is 5.10 Å². The van der Waals surface area contributed by atoms with E-state index in [1.165, 1.54) is 22.9 Å². The molecule has 0 atom stereocenters. The van der Waals surface area contributed by atoms with E-state index in [0.29, 0.717) is 5.46 Å². The molecule has 0 amide bonds. The molecule has 1 aromatic heterocycles. The van der Waals surface area contributed by atoms with Gasteiger partial charge in [0.2, 0.25) is 0 Å². The van der Waals surface area contributed by atoms with E-state index in [9.17, 15) is 9.18 Å². The standard InChI is InChI=1S/C19H25BFN3O3/c1-18(2)19(3,4)27-20(26-18)16-9-14(21)8-7-13(16)12-24-17(25)10-15(11-22-24)23(5)6/h7-11H,12H2,1-6H3. The van der Waals surface area contributed by atoms with Gasteiger partial charge in [0.1, 0.15) is 5.82 Å². The van der Waals surface area contributed by atoms with Crippen molar-refractivity contribution in [1.82, 2.24) is 9.78 Å². The van der Waals surface area contributed by atoms with Crippen LogP contribution < -0.4 is 15.9 Å². The van der Waals surface area contributed by atoms with Crippen molar-refractivity contribution >= 4 is 18.3 Å². The first-order chi connectivity index (χ1) is 12.5. The summed E-state index contributed by atoms with van der Waals surface area (Å²) in [5.41, 5.74) is 0.709. The Morgan fingerprint density at radius 2 is 1.78 bits per heavy atom. The summed E-state index contributed by atoms with van der Waals surface area (Å²) in [6.07, 6.45) is 1.62. The van der Waals surface area contributed by atoms with Gasteiger partial charge in [-0.15, -0.1) is 0 Å². The van der Waals surface area contributed by atoms with E-state index in [1.807, 2.05) is 46.7 Å². The normalized spacial score (nSPS) is 18.0. The van der Waals surface area contributed by atoms with Gasteiger partial charge in [-0.05, 0) is 50.9 Å². The highest BCUT2D eigenvalue weighted by molar-refractivity contribution is 6.62. The smallest absolute Gasteiger partial charge is 0.399 e. The van der Waals surface area contributed by atoms with Gasteiger partial charge in [0.15, 0.2) is 0 Å². The lowest BCUT2D eigenvalue weighted by Gasteiger charge is -2.32. The van der Waals surface area contributed by atoms with Crippen molar-refractivity contribution in [2.45, 2.75) is 45.4 Å². The highest BCUT2D eigenvalue weighted by Crippen LogP contribution is 2.36.